The average molecular weight is 1330 g/mol. The fourth-order valence-electron chi connectivity index (χ4n) is 9.31. The summed E-state index contributed by atoms with van der Waals surface area (Å²) < 4.78 is 0. The second-order valence-electron chi connectivity index (χ2n) is 22.5. The monoisotopic (exact) mass is 1320 g/mol. The lowest BCUT2D eigenvalue weighted by atomic mass is 10.0. The van der Waals surface area contributed by atoms with Crippen LogP contribution in [0, 0.1) is 11.3 Å². The molecular formula is C60H92N16O18. The number of guanidine groups is 1. The molecule has 0 saturated carbocycles. The van der Waals surface area contributed by atoms with Gasteiger partial charge in [-0.1, -0.05) is 75.6 Å². The van der Waals surface area contributed by atoms with Gasteiger partial charge in [0, 0.05) is 38.1 Å². The summed E-state index contributed by atoms with van der Waals surface area (Å²) >= 11 is 0. The number of aliphatic hydroxyl groups is 1. The molecule has 0 aliphatic carbocycles. The van der Waals surface area contributed by atoms with Gasteiger partial charge in [0.15, 0.2) is 5.96 Å². The molecule has 34 nitrogen and oxygen atoms in total. The minimum absolute atomic E-state index is 0.106. The molecule has 0 radical (unpaired) electrons. The van der Waals surface area contributed by atoms with Crippen molar-refractivity contribution in [2.24, 2.45) is 34.6 Å². The molecule has 34 heteroatoms. The van der Waals surface area contributed by atoms with Gasteiger partial charge in [0.2, 0.25) is 70.9 Å². The van der Waals surface area contributed by atoms with Gasteiger partial charge < -0.3 is 102 Å². The van der Waals surface area contributed by atoms with Crippen LogP contribution in [-0.2, 0) is 80.0 Å². The number of primary amides is 3. The van der Waals surface area contributed by atoms with Crippen molar-refractivity contribution in [3.05, 3.63) is 65.7 Å². The zero-order valence-electron chi connectivity index (χ0n) is 52.9. The number of aliphatic hydroxyl groups excluding tert-OH is 1. The third-order valence-electron chi connectivity index (χ3n) is 14.5. The van der Waals surface area contributed by atoms with Gasteiger partial charge in [-0.2, -0.15) is 0 Å². The highest BCUT2D eigenvalue weighted by Gasteiger charge is 2.38. The Morgan fingerprint density at radius 2 is 0.851 bits per heavy atom. The lowest BCUT2D eigenvalue weighted by Gasteiger charge is -2.29. The summed E-state index contributed by atoms with van der Waals surface area (Å²) in [6.07, 6.45) is -4.05. The van der Waals surface area contributed by atoms with Crippen LogP contribution in [0.2, 0.25) is 0 Å². The first kappa shape index (κ1) is 80.1. The summed E-state index contributed by atoms with van der Waals surface area (Å²) in [6, 6.07) is -1.75. The number of rotatable bonds is 46. The number of hydrogen-bond acceptors (Lipinski definition) is 18. The molecule has 0 heterocycles. The normalized spacial score (nSPS) is 14.4. The zero-order chi connectivity index (χ0) is 70.6. The van der Waals surface area contributed by atoms with Crippen molar-refractivity contribution < 1.29 is 87.5 Å². The molecule has 11 unspecified atom stereocenters. The zero-order valence-corrected chi connectivity index (χ0v) is 52.9. The van der Waals surface area contributed by atoms with Crippen molar-refractivity contribution in [3.63, 3.8) is 0 Å². The van der Waals surface area contributed by atoms with E-state index in [1.54, 1.807) is 30.3 Å². The third kappa shape index (κ3) is 31.4. The van der Waals surface area contributed by atoms with E-state index in [1.807, 2.05) is 6.92 Å². The quantitative estimate of drug-likeness (QED) is 0.0169. The first-order chi connectivity index (χ1) is 44.3. The first-order valence-electron chi connectivity index (χ1n) is 30.7. The standard InChI is InChI=1S/C60H92N16O18/c1-4-5-7-16-37(50(64)85)68-55(90)42(29-35-18-20-36(78)21-19-35)73-53(88)39(22-24-47(81)82)70-52(87)40(23-25-48(83)84)71-59(94)49(33(3)77)76-54(89)38(17-10-11-26-61)69-56(91)41(28-34-14-8-6-9-15-34)74-58(93)44(31-46(63)80)75-57(92)43(30-45(62)79)72-51(86)32(2)13-12-27-67-60(65)66/h6,8-9,14-15,18-21,32-33,37-44,49,77-78H,4-5,7,10-13,16-17,22-31,61H2,1-3H3,(H2,62,79)(H2,63,80)(H2,64,85)(H,68,90)(H,69,91)(H,70,87)(H,71,94)(H,72,86)(H,73,88)(H,74,93)(H,75,92)(H,76,89)(H,81,82)(H,83,84)(H4,65,66,67). The third-order valence-corrected chi connectivity index (χ3v) is 14.5. The number of phenols is 1. The largest absolute Gasteiger partial charge is 0.508 e. The molecule has 0 aliphatic rings. The fourth-order valence-corrected chi connectivity index (χ4v) is 9.31. The van der Waals surface area contributed by atoms with E-state index in [4.69, 9.17) is 34.1 Å². The van der Waals surface area contributed by atoms with E-state index < -0.39 is 188 Å². The van der Waals surface area contributed by atoms with Gasteiger partial charge >= 0.3 is 11.9 Å². The predicted octanol–water partition coefficient (Wildman–Crippen LogP) is -4.50. The molecule has 25 N–H and O–H groups in total. The minimum atomic E-state index is -2.00. The number of amides is 12. The molecule has 2 rings (SSSR count). The number of benzene rings is 2. The Bertz CT molecular complexity index is 2920. The summed E-state index contributed by atoms with van der Waals surface area (Å²) in [5.74, 6) is -17.0. The van der Waals surface area contributed by atoms with E-state index in [9.17, 15) is 87.5 Å². The lowest BCUT2D eigenvalue weighted by Crippen LogP contribution is -2.62. The van der Waals surface area contributed by atoms with Crippen molar-refractivity contribution in [1.82, 2.24) is 53.2 Å². The summed E-state index contributed by atoms with van der Waals surface area (Å²) in [4.78, 5) is 187. The highest BCUT2D eigenvalue weighted by atomic mass is 16.4. The predicted molar refractivity (Wildman–Crippen MR) is 337 cm³/mol. The Morgan fingerprint density at radius 1 is 0.457 bits per heavy atom. The maximum Gasteiger partial charge on any atom is 0.303 e. The van der Waals surface area contributed by atoms with E-state index in [0.29, 0.717) is 30.4 Å². The number of carboxylic acid groups (broad SMARTS) is 2. The van der Waals surface area contributed by atoms with E-state index in [1.165, 1.54) is 31.2 Å². The van der Waals surface area contributed by atoms with Crippen LogP contribution in [-0.4, -0.2) is 183 Å². The molecule has 0 aromatic heterocycles. The molecule has 12 amide bonds. The fraction of sp³-hybridized carbons (Fsp3) is 0.550. The van der Waals surface area contributed by atoms with Gasteiger partial charge in [-0.25, -0.2) is 0 Å². The van der Waals surface area contributed by atoms with Gasteiger partial charge in [-0.3, -0.25) is 72.5 Å². The number of carbonyl (C=O) groups is 14. The summed E-state index contributed by atoms with van der Waals surface area (Å²) in [7, 11) is 0. The van der Waals surface area contributed by atoms with Crippen LogP contribution in [0.3, 0.4) is 0 Å². The van der Waals surface area contributed by atoms with Gasteiger partial charge in [0.1, 0.15) is 60.1 Å². The van der Waals surface area contributed by atoms with Crippen LogP contribution in [0.5, 0.6) is 5.75 Å². The number of nitrogens with two attached hydrogens (primary N) is 5. The van der Waals surface area contributed by atoms with E-state index in [2.05, 4.69) is 53.2 Å². The highest BCUT2D eigenvalue weighted by Crippen LogP contribution is 2.15. The van der Waals surface area contributed by atoms with Crippen LogP contribution >= 0.6 is 0 Å². The van der Waals surface area contributed by atoms with Crippen LogP contribution in [0.1, 0.15) is 128 Å². The average Bonchev–Trinajstić information content (AvgIpc) is 0.889. The molecule has 94 heavy (non-hydrogen) atoms. The Kier molecular flexibility index (Phi) is 36.0. The van der Waals surface area contributed by atoms with Crippen LogP contribution < -0.4 is 81.8 Å². The topological polar surface area (TPSA) is 594 Å². The van der Waals surface area contributed by atoms with Crippen molar-refractivity contribution >= 4 is 88.8 Å². The number of carboxylic acids is 2. The van der Waals surface area contributed by atoms with E-state index in [0.717, 1.165) is 13.3 Å². The second-order valence-corrected chi connectivity index (χ2v) is 22.5. The Balaban J connectivity index is 2.53. The van der Waals surface area contributed by atoms with Crippen LogP contribution in [0.25, 0.3) is 0 Å². The smallest absolute Gasteiger partial charge is 0.303 e. The molecule has 520 valence electrons. The number of unbranched alkanes of at least 4 members (excludes halogenated alkanes) is 3. The Labute approximate surface area is 542 Å². The van der Waals surface area contributed by atoms with Crippen molar-refractivity contribution in [2.75, 3.05) is 13.1 Å². The van der Waals surface area contributed by atoms with Crippen molar-refractivity contribution in [1.29, 1.82) is 5.41 Å². The van der Waals surface area contributed by atoms with Gasteiger partial charge in [0.05, 0.1) is 18.9 Å². The number of nitrogens with one attached hydrogen (secondary N) is 11. The minimum Gasteiger partial charge on any atom is -0.508 e. The van der Waals surface area contributed by atoms with Gasteiger partial charge in [0.25, 0.3) is 0 Å². The lowest BCUT2D eigenvalue weighted by molar-refractivity contribution is -0.140. The summed E-state index contributed by atoms with van der Waals surface area (Å²) in [5, 5.41) is 71.6. The molecule has 0 spiro atoms. The van der Waals surface area contributed by atoms with E-state index in [-0.39, 0.29) is 69.7 Å². The molecule has 0 fully saturated rings. The second kappa shape index (κ2) is 42.2. The number of phenolic OH excluding ortho intramolecular Hbond substituents is 1. The molecule has 0 bridgehead atoms. The van der Waals surface area contributed by atoms with Crippen molar-refractivity contribution in [3.8, 4) is 5.75 Å². The highest BCUT2D eigenvalue weighted by molar-refractivity contribution is 6.00. The number of carbonyl (C=O) groups excluding carboxylic acids is 12. The maximum atomic E-state index is 14.5. The van der Waals surface area contributed by atoms with E-state index >= 15 is 0 Å². The summed E-state index contributed by atoms with van der Waals surface area (Å²) in [6.45, 7) is 4.84. The summed E-state index contributed by atoms with van der Waals surface area (Å²) in [5.41, 5.74) is 28.4. The number of aromatic hydroxyl groups is 1. The number of hydrogen-bond donors (Lipinski definition) is 20. The molecule has 0 saturated heterocycles. The Hall–Kier alpha value is -9.99. The SMILES string of the molecule is CCCCCC(NC(=O)C(Cc1ccc(O)cc1)NC(=O)C(CCC(=O)O)NC(=O)C(CCC(=O)O)NC(=O)C(NC(=O)C(CCCCN)NC(=O)C(Cc1ccccc1)NC(=O)C(CC(N)=O)NC(=O)C(CC(N)=O)NC(=O)C(C)CCCNC(=N)N)C(C)O)C(N)=O. The first-order valence-corrected chi connectivity index (χ1v) is 30.7. The molecule has 2 aromatic rings. The van der Waals surface area contributed by atoms with Crippen molar-refractivity contribution in [2.45, 2.75) is 190 Å². The van der Waals surface area contributed by atoms with Gasteiger partial charge in [-0.15, -0.1) is 0 Å². The molecular weight excluding hydrogens is 1230 g/mol. The molecule has 2 aromatic carbocycles. The molecule has 11 atom stereocenters. The molecule has 0 aliphatic heterocycles. The maximum absolute atomic E-state index is 14.5. The van der Waals surface area contributed by atoms with Crippen LogP contribution in [0.15, 0.2) is 54.6 Å². The number of aliphatic carboxylic acids is 2. The Morgan fingerprint density at radius 3 is 1.30 bits per heavy atom. The van der Waals surface area contributed by atoms with Gasteiger partial charge in [-0.05, 0) is 88.1 Å². The van der Waals surface area contributed by atoms with Crippen LogP contribution in [0.4, 0.5) is 0 Å².